The van der Waals surface area contributed by atoms with Gasteiger partial charge in [-0.2, -0.15) is 0 Å². The average molecular weight is 380 g/mol. The summed E-state index contributed by atoms with van der Waals surface area (Å²) < 4.78 is 5.29. The second-order valence-corrected chi connectivity index (χ2v) is 8.58. The van der Waals surface area contributed by atoms with E-state index in [2.05, 4.69) is 15.3 Å². The summed E-state index contributed by atoms with van der Waals surface area (Å²) >= 11 is 3.33. The highest BCUT2D eigenvalue weighted by molar-refractivity contribution is 8.00. The molecule has 1 N–H and O–H groups in total. The Morgan fingerprint density at radius 2 is 2.24 bits per heavy atom. The van der Waals surface area contributed by atoms with Crippen LogP contribution in [0.1, 0.15) is 43.6 Å². The van der Waals surface area contributed by atoms with Crippen molar-refractivity contribution >= 4 is 39.2 Å². The number of fused-ring (bicyclic) bond motifs is 3. The molecule has 0 saturated carbocycles. The summed E-state index contributed by atoms with van der Waals surface area (Å²) in [6.45, 7) is 5.97. The summed E-state index contributed by atoms with van der Waals surface area (Å²) in [5, 5.41) is 4.94. The van der Waals surface area contributed by atoms with Gasteiger partial charge < -0.3 is 10.1 Å². The second-order valence-electron chi connectivity index (χ2n) is 6.17. The Bertz CT molecular complexity index is 732. The number of thioether (sulfide) groups is 1. The third kappa shape index (κ3) is 4.51. The molecule has 1 aliphatic carbocycles. The SMILES string of the molecule is CCOCCCNC(=O)C(C)Sc1ncnc2sc3c(c12)CCCC3. The summed E-state index contributed by atoms with van der Waals surface area (Å²) in [6, 6.07) is 0. The molecule has 5 nitrogen and oxygen atoms in total. The molecular formula is C18H25N3O2S2. The molecule has 2 aromatic rings. The fourth-order valence-electron chi connectivity index (χ4n) is 3.05. The predicted octanol–water partition coefficient (Wildman–Crippen LogP) is 3.59. The highest BCUT2D eigenvalue weighted by Crippen LogP contribution is 2.40. The number of aromatic nitrogens is 2. The third-order valence-electron chi connectivity index (χ3n) is 4.34. The van der Waals surface area contributed by atoms with Crippen LogP contribution in [0, 0.1) is 0 Å². The molecule has 1 amide bonds. The van der Waals surface area contributed by atoms with Gasteiger partial charge in [0.15, 0.2) is 0 Å². The molecule has 3 rings (SSSR count). The van der Waals surface area contributed by atoms with E-state index in [0.717, 1.165) is 35.7 Å². The van der Waals surface area contributed by atoms with Crippen molar-refractivity contribution in [2.45, 2.75) is 56.2 Å². The van der Waals surface area contributed by atoms with Gasteiger partial charge in [-0.25, -0.2) is 9.97 Å². The Morgan fingerprint density at radius 3 is 3.08 bits per heavy atom. The molecular weight excluding hydrogens is 354 g/mol. The second kappa shape index (κ2) is 8.96. The fourth-order valence-corrected chi connectivity index (χ4v) is 5.31. The zero-order chi connectivity index (χ0) is 17.6. The molecule has 0 saturated heterocycles. The summed E-state index contributed by atoms with van der Waals surface area (Å²) in [4.78, 5) is 23.8. The Morgan fingerprint density at radius 1 is 1.40 bits per heavy atom. The molecule has 0 spiro atoms. The minimum absolute atomic E-state index is 0.0531. The van der Waals surface area contributed by atoms with E-state index in [4.69, 9.17) is 4.74 Å². The molecule has 25 heavy (non-hydrogen) atoms. The summed E-state index contributed by atoms with van der Waals surface area (Å²) in [5.74, 6) is 0.0531. The summed E-state index contributed by atoms with van der Waals surface area (Å²) in [7, 11) is 0. The van der Waals surface area contributed by atoms with Crippen LogP contribution < -0.4 is 5.32 Å². The van der Waals surface area contributed by atoms with E-state index in [-0.39, 0.29) is 11.2 Å². The van der Waals surface area contributed by atoms with Crippen LogP contribution >= 0.6 is 23.1 Å². The number of carbonyl (C=O) groups excluding carboxylic acids is 1. The van der Waals surface area contributed by atoms with Gasteiger partial charge in [-0.1, -0.05) is 11.8 Å². The van der Waals surface area contributed by atoms with E-state index in [9.17, 15) is 4.79 Å². The highest BCUT2D eigenvalue weighted by Gasteiger charge is 2.22. The Labute approximate surface area is 157 Å². The lowest BCUT2D eigenvalue weighted by molar-refractivity contribution is -0.120. The molecule has 1 aliphatic rings. The third-order valence-corrected chi connectivity index (χ3v) is 6.64. The fraction of sp³-hybridized carbons (Fsp3) is 0.611. The molecule has 2 aromatic heterocycles. The quantitative estimate of drug-likeness (QED) is 0.431. The molecule has 2 heterocycles. The topological polar surface area (TPSA) is 64.1 Å². The first kappa shape index (κ1) is 18.6. The van der Waals surface area contributed by atoms with Gasteiger partial charge in [0, 0.05) is 30.0 Å². The minimum Gasteiger partial charge on any atom is -0.382 e. The normalized spacial score (nSPS) is 15.1. The number of nitrogens with zero attached hydrogens (tertiary/aromatic N) is 2. The van der Waals surface area contributed by atoms with Gasteiger partial charge in [-0.3, -0.25) is 4.79 Å². The van der Waals surface area contributed by atoms with Crippen LogP contribution in [-0.4, -0.2) is 40.9 Å². The number of aryl methyl sites for hydroxylation is 2. The first-order valence-corrected chi connectivity index (χ1v) is 10.7. The van der Waals surface area contributed by atoms with Crippen LogP contribution in [0.4, 0.5) is 0 Å². The van der Waals surface area contributed by atoms with Gasteiger partial charge in [0.1, 0.15) is 16.2 Å². The molecule has 0 radical (unpaired) electrons. The van der Waals surface area contributed by atoms with E-state index >= 15 is 0 Å². The van der Waals surface area contributed by atoms with Gasteiger partial charge in [0.05, 0.1) is 5.25 Å². The summed E-state index contributed by atoms with van der Waals surface area (Å²) in [6.07, 6.45) is 7.21. The number of hydrogen-bond donors (Lipinski definition) is 1. The largest absolute Gasteiger partial charge is 0.382 e. The van der Waals surface area contributed by atoms with Gasteiger partial charge in [-0.15, -0.1) is 11.3 Å². The zero-order valence-corrected chi connectivity index (χ0v) is 16.5. The monoisotopic (exact) mass is 379 g/mol. The molecule has 136 valence electrons. The zero-order valence-electron chi connectivity index (χ0n) is 14.8. The van der Waals surface area contributed by atoms with Gasteiger partial charge in [-0.05, 0) is 51.5 Å². The molecule has 0 bridgehead atoms. The first-order chi connectivity index (χ1) is 12.2. The Hall–Kier alpha value is -1.18. The maximum Gasteiger partial charge on any atom is 0.233 e. The highest BCUT2D eigenvalue weighted by atomic mass is 32.2. The van der Waals surface area contributed by atoms with E-state index in [1.165, 1.54) is 40.4 Å². The van der Waals surface area contributed by atoms with E-state index in [1.54, 1.807) is 17.7 Å². The maximum absolute atomic E-state index is 12.3. The first-order valence-electron chi connectivity index (χ1n) is 8.98. The van der Waals surface area contributed by atoms with Crippen LogP contribution in [0.5, 0.6) is 0 Å². The van der Waals surface area contributed by atoms with Crippen molar-refractivity contribution in [3.05, 3.63) is 16.8 Å². The molecule has 1 atom stereocenters. The number of ether oxygens (including phenoxy) is 1. The lowest BCUT2D eigenvalue weighted by Gasteiger charge is -2.14. The van der Waals surface area contributed by atoms with Crippen molar-refractivity contribution in [2.24, 2.45) is 0 Å². The van der Waals surface area contributed by atoms with E-state index in [0.29, 0.717) is 13.2 Å². The number of thiophene rings is 1. The van der Waals surface area contributed by atoms with Crippen LogP contribution in [-0.2, 0) is 22.4 Å². The van der Waals surface area contributed by atoms with Crippen LogP contribution in [0.25, 0.3) is 10.2 Å². The van der Waals surface area contributed by atoms with Crippen LogP contribution in [0.3, 0.4) is 0 Å². The van der Waals surface area contributed by atoms with Crippen molar-refractivity contribution in [1.29, 1.82) is 0 Å². The maximum atomic E-state index is 12.3. The molecule has 7 heteroatoms. The van der Waals surface area contributed by atoms with Gasteiger partial charge >= 0.3 is 0 Å². The predicted molar refractivity (Wildman–Crippen MR) is 103 cm³/mol. The minimum atomic E-state index is -0.177. The number of carbonyl (C=O) groups is 1. The van der Waals surface area contributed by atoms with Crippen LogP contribution in [0.2, 0.25) is 0 Å². The van der Waals surface area contributed by atoms with Gasteiger partial charge in [0.2, 0.25) is 5.91 Å². The van der Waals surface area contributed by atoms with Crippen LogP contribution in [0.15, 0.2) is 11.4 Å². The smallest absolute Gasteiger partial charge is 0.233 e. The van der Waals surface area contributed by atoms with Crippen molar-refractivity contribution < 1.29 is 9.53 Å². The lowest BCUT2D eigenvalue weighted by Crippen LogP contribution is -2.32. The van der Waals surface area contributed by atoms with Crippen molar-refractivity contribution in [3.8, 4) is 0 Å². The lowest BCUT2D eigenvalue weighted by atomic mass is 9.97. The number of nitrogens with one attached hydrogen (secondary N) is 1. The van der Waals surface area contributed by atoms with E-state index < -0.39 is 0 Å². The molecule has 0 aromatic carbocycles. The van der Waals surface area contributed by atoms with Gasteiger partial charge in [0.25, 0.3) is 0 Å². The Balaban J connectivity index is 1.66. The molecule has 0 fully saturated rings. The Kier molecular flexibility index (Phi) is 6.67. The molecule has 0 aliphatic heterocycles. The van der Waals surface area contributed by atoms with E-state index in [1.807, 2.05) is 13.8 Å². The number of hydrogen-bond acceptors (Lipinski definition) is 6. The average Bonchev–Trinajstić information content (AvgIpc) is 3.01. The number of rotatable bonds is 8. The molecule has 1 unspecified atom stereocenters. The summed E-state index contributed by atoms with van der Waals surface area (Å²) in [5.41, 5.74) is 1.42. The van der Waals surface area contributed by atoms with Crippen molar-refractivity contribution in [1.82, 2.24) is 15.3 Å². The van der Waals surface area contributed by atoms with Crippen molar-refractivity contribution in [2.75, 3.05) is 19.8 Å². The number of amides is 1. The standard InChI is InChI=1S/C18H25N3O2S2/c1-3-23-10-6-9-19-16(22)12(2)24-17-15-13-7-4-5-8-14(13)25-18(15)21-11-20-17/h11-12H,3-10H2,1-2H3,(H,19,22). The van der Waals surface area contributed by atoms with Crippen molar-refractivity contribution in [3.63, 3.8) is 0 Å².